The summed E-state index contributed by atoms with van der Waals surface area (Å²) in [5.41, 5.74) is 4.77. The summed E-state index contributed by atoms with van der Waals surface area (Å²) >= 11 is 0. The lowest BCUT2D eigenvalue weighted by molar-refractivity contribution is 0.0924. The predicted octanol–water partition coefficient (Wildman–Crippen LogP) is 1.92. The maximum atomic E-state index is 11.6. The molecule has 0 spiro atoms. The van der Waals surface area contributed by atoms with E-state index in [9.17, 15) is 9.90 Å². The smallest absolute Gasteiger partial charge is 0.301 e. The highest BCUT2D eigenvalue weighted by Gasteiger charge is 2.17. The molecule has 0 fully saturated rings. The van der Waals surface area contributed by atoms with Crippen LogP contribution < -0.4 is 16.2 Å². The van der Waals surface area contributed by atoms with Crippen LogP contribution in [0.4, 0.5) is 5.69 Å². The third kappa shape index (κ3) is 3.17. The average molecular weight is 289 g/mol. The van der Waals surface area contributed by atoms with Crippen LogP contribution in [0.15, 0.2) is 34.9 Å². The number of rotatable bonds is 5. The van der Waals surface area contributed by atoms with Crippen molar-refractivity contribution in [3.63, 3.8) is 0 Å². The first-order valence-electron chi connectivity index (χ1n) is 6.68. The van der Waals surface area contributed by atoms with Crippen LogP contribution in [0.25, 0.3) is 0 Å². The number of furan rings is 1. The molecule has 0 radical (unpaired) electrons. The maximum Gasteiger partial charge on any atom is 0.301 e. The number of carbonyl (C=O) groups excluding carboxylic acids is 1. The minimum absolute atomic E-state index is 0.203. The lowest BCUT2D eigenvalue weighted by Crippen LogP contribution is -2.31. The lowest BCUT2D eigenvalue weighted by atomic mass is 10.1. The van der Waals surface area contributed by atoms with E-state index >= 15 is 0 Å². The number of nitrogens with zero attached hydrogens (tertiary/aromatic N) is 1. The molecule has 1 aromatic heterocycles. The van der Waals surface area contributed by atoms with Crippen molar-refractivity contribution >= 4 is 11.6 Å². The summed E-state index contributed by atoms with van der Waals surface area (Å²) in [6, 6.07) is 6.96. The molecule has 0 atom stereocenters. The third-order valence-electron chi connectivity index (χ3n) is 3.36. The van der Waals surface area contributed by atoms with Gasteiger partial charge in [0.25, 0.3) is 0 Å². The van der Waals surface area contributed by atoms with Gasteiger partial charge in [-0.3, -0.25) is 10.2 Å². The number of hydrogen-bond donors (Lipinski definition) is 3. The molecule has 1 aromatic carbocycles. The molecule has 4 N–H and O–H groups in total. The Bertz CT molecular complexity index is 637. The van der Waals surface area contributed by atoms with Crippen LogP contribution in [-0.4, -0.2) is 17.6 Å². The van der Waals surface area contributed by atoms with E-state index < -0.39 is 5.91 Å². The van der Waals surface area contributed by atoms with Gasteiger partial charge in [-0.2, -0.15) is 0 Å². The van der Waals surface area contributed by atoms with Gasteiger partial charge < -0.3 is 14.4 Å². The second-order valence-corrected chi connectivity index (χ2v) is 4.73. The minimum atomic E-state index is -0.460. The number of amides is 1. The molecule has 112 valence electrons. The predicted molar refractivity (Wildman–Crippen MR) is 79.9 cm³/mol. The number of phenolic OH excluding ortho intramolecular Hbond substituents is 1. The second-order valence-electron chi connectivity index (χ2n) is 4.73. The van der Waals surface area contributed by atoms with Gasteiger partial charge in [-0.1, -0.05) is 6.07 Å². The highest BCUT2D eigenvalue weighted by Crippen LogP contribution is 2.27. The molecule has 0 aliphatic rings. The number of hydrazine groups is 1. The highest BCUT2D eigenvalue weighted by molar-refractivity contribution is 5.92. The molecule has 6 heteroatoms. The first-order valence-corrected chi connectivity index (χ1v) is 6.68. The molecule has 6 nitrogen and oxygen atoms in total. The van der Waals surface area contributed by atoms with Crippen molar-refractivity contribution in [2.45, 2.75) is 20.4 Å². The quantitative estimate of drug-likeness (QED) is 0.444. The van der Waals surface area contributed by atoms with Crippen LogP contribution >= 0.6 is 0 Å². The molecule has 2 rings (SSSR count). The van der Waals surface area contributed by atoms with Crippen LogP contribution in [-0.2, 0) is 6.54 Å². The van der Waals surface area contributed by atoms with Crippen LogP contribution in [0, 0.1) is 6.92 Å². The number of aryl methyl sites for hydroxylation is 1. The number of nitrogens with two attached hydrogens (primary N) is 1. The van der Waals surface area contributed by atoms with E-state index in [0.717, 1.165) is 23.4 Å². The van der Waals surface area contributed by atoms with Crippen LogP contribution in [0.3, 0.4) is 0 Å². The summed E-state index contributed by atoms with van der Waals surface area (Å²) in [4.78, 5) is 13.7. The summed E-state index contributed by atoms with van der Waals surface area (Å²) < 4.78 is 5.18. The fraction of sp³-hybridized carbons (Fsp3) is 0.267. The lowest BCUT2D eigenvalue weighted by Gasteiger charge is -2.25. The van der Waals surface area contributed by atoms with Crippen LogP contribution in [0.5, 0.6) is 5.75 Å². The first-order chi connectivity index (χ1) is 10.1. The molecule has 21 heavy (non-hydrogen) atoms. The van der Waals surface area contributed by atoms with Gasteiger partial charge in [-0.05, 0) is 31.5 Å². The standard InChI is InChI=1S/C15H19N3O3/c1-3-18(13-8-12(19)5-4-10(13)2)9-11-6-7-21-14(11)15(20)17-16/h4-8,19H,3,9,16H2,1-2H3,(H,17,20). The largest absolute Gasteiger partial charge is 0.508 e. The van der Waals surface area contributed by atoms with Gasteiger partial charge >= 0.3 is 5.91 Å². The van der Waals surface area contributed by atoms with Gasteiger partial charge in [0.05, 0.1) is 6.26 Å². The number of aromatic hydroxyl groups is 1. The molecule has 0 aliphatic carbocycles. The number of hydrogen-bond acceptors (Lipinski definition) is 5. The highest BCUT2D eigenvalue weighted by atomic mass is 16.3. The minimum Gasteiger partial charge on any atom is -0.508 e. The molecular weight excluding hydrogens is 270 g/mol. The number of phenols is 1. The normalized spacial score (nSPS) is 10.4. The zero-order chi connectivity index (χ0) is 15.4. The Morgan fingerprint density at radius 1 is 1.43 bits per heavy atom. The Hall–Kier alpha value is -2.47. The van der Waals surface area contributed by atoms with Gasteiger partial charge in [0.1, 0.15) is 5.75 Å². The van der Waals surface area contributed by atoms with Crippen LogP contribution in [0.1, 0.15) is 28.6 Å². The molecule has 1 amide bonds. The molecular formula is C15H19N3O3. The van der Waals surface area contributed by atoms with Gasteiger partial charge in [0.15, 0.2) is 5.76 Å². The fourth-order valence-electron chi connectivity index (χ4n) is 2.24. The van der Waals surface area contributed by atoms with E-state index in [1.165, 1.54) is 6.26 Å². The van der Waals surface area contributed by atoms with Gasteiger partial charge in [0.2, 0.25) is 0 Å². The topological polar surface area (TPSA) is 91.7 Å². The Labute approximate surface area is 123 Å². The SMILES string of the molecule is CCN(Cc1ccoc1C(=O)NN)c1cc(O)ccc1C. The molecule has 0 saturated heterocycles. The Balaban J connectivity index is 2.30. The van der Waals surface area contributed by atoms with Gasteiger partial charge in [-0.15, -0.1) is 0 Å². The van der Waals surface area contributed by atoms with Crippen molar-refractivity contribution in [1.82, 2.24) is 5.43 Å². The monoisotopic (exact) mass is 289 g/mol. The van der Waals surface area contributed by atoms with E-state index in [0.29, 0.717) is 6.54 Å². The fourth-order valence-corrected chi connectivity index (χ4v) is 2.24. The van der Waals surface area contributed by atoms with Gasteiger partial charge in [-0.25, -0.2) is 5.84 Å². The number of carbonyl (C=O) groups is 1. The molecule has 0 saturated carbocycles. The summed E-state index contributed by atoms with van der Waals surface area (Å²) in [6.07, 6.45) is 1.46. The summed E-state index contributed by atoms with van der Waals surface area (Å²) in [5, 5.41) is 9.66. The van der Waals surface area contributed by atoms with Gasteiger partial charge in [0, 0.05) is 30.4 Å². The van der Waals surface area contributed by atoms with Crippen molar-refractivity contribution in [3.8, 4) is 5.75 Å². The molecule has 2 aromatic rings. The molecule has 1 heterocycles. The van der Waals surface area contributed by atoms with E-state index in [1.807, 2.05) is 24.8 Å². The zero-order valence-corrected chi connectivity index (χ0v) is 12.1. The van der Waals surface area contributed by atoms with Crippen LogP contribution in [0.2, 0.25) is 0 Å². The van der Waals surface area contributed by atoms with Crippen molar-refractivity contribution in [3.05, 3.63) is 47.4 Å². The Kier molecular flexibility index (Phi) is 4.49. The molecule has 0 aliphatic heterocycles. The van der Waals surface area contributed by atoms with Crippen molar-refractivity contribution in [2.75, 3.05) is 11.4 Å². The van der Waals surface area contributed by atoms with E-state index in [4.69, 9.17) is 10.3 Å². The Morgan fingerprint density at radius 2 is 2.19 bits per heavy atom. The third-order valence-corrected chi connectivity index (χ3v) is 3.36. The number of nitrogen functional groups attached to an aromatic ring is 1. The van der Waals surface area contributed by atoms with Crippen molar-refractivity contribution < 1.29 is 14.3 Å². The summed E-state index contributed by atoms with van der Waals surface area (Å²) in [5.74, 6) is 5.10. The molecule has 0 unspecified atom stereocenters. The maximum absolute atomic E-state index is 11.6. The zero-order valence-electron chi connectivity index (χ0n) is 12.1. The second kappa shape index (κ2) is 6.32. The Morgan fingerprint density at radius 3 is 2.86 bits per heavy atom. The number of anilines is 1. The first kappa shape index (κ1) is 14.9. The number of nitrogens with one attached hydrogen (secondary N) is 1. The molecule has 0 bridgehead atoms. The summed E-state index contributed by atoms with van der Waals surface area (Å²) in [7, 11) is 0. The number of benzene rings is 1. The van der Waals surface area contributed by atoms with Crippen molar-refractivity contribution in [2.24, 2.45) is 5.84 Å². The van der Waals surface area contributed by atoms with Crippen molar-refractivity contribution in [1.29, 1.82) is 0 Å². The average Bonchev–Trinajstić information content (AvgIpc) is 2.94. The van der Waals surface area contributed by atoms with E-state index in [1.54, 1.807) is 18.2 Å². The van der Waals surface area contributed by atoms with E-state index in [2.05, 4.69) is 5.43 Å². The van der Waals surface area contributed by atoms with E-state index in [-0.39, 0.29) is 11.5 Å². The summed E-state index contributed by atoms with van der Waals surface area (Å²) in [6.45, 7) is 5.19.